The standard InChI is InChI=1S/C14H17N5O2/c1-10(13-3-2-8-21-13)16-14(20)11-4-6-12(7-5-11)19-9-15-17-18-19/h4-7,9-10,13H,2-3,8H2,1H3,(H,16,20)/t10-,13-/m1/s1. The van der Waals surface area contributed by atoms with Crippen molar-refractivity contribution in [3.8, 4) is 5.69 Å². The lowest BCUT2D eigenvalue weighted by molar-refractivity contribution is 0.0712. The molecule has 2 aromatic rings. The van der Waals surface area contributed by atoms with Crippen LogP contribution in [0.15, 0.2) is 30.6 Å². The number of aromatic nitrogens is 4. The van der Waals surface area contributed by atoms with Crippen molar-refractivity contribution in [2.75, 3.05) is 6.61 Å². The molecule has 1 amide bonds. The van der Waals surface area contributed by atoms with Crippen LogP contribution >= 0.6 is 0 Å². The smallest absolute Gasteiger partial charge is 0.251 e. The third-order valence-electron chi connectivity index (χ3n) is 3.62. The molecule has 7 nitrogen and oxygen atoms in total. The van der Waals surface area contributed by atoms with Crippen molar-refractivity contribution in [2.45, 2.75) is 31.9 Å². The van der Waals surface area contributed by atoms with Gasteiger partial charge in [0.2, 0.25) is 0 Å². The number of ether oxygens (including phenoxy) is 1. The second-order valence-electron chi connectivity index (χ2n) is 5.11. The monoisotopic (exact) mass is 287 g/mol. The Hall–Kier alpha value is -2.28. The van der Waals surface area contributed by atoms with Crippen molar-refractivity contribution >= 4 is 5.91 Å². The topological polar surface area (TPSA) is 81.9 Å². The molecule has 0 spiro atoms. The molecule has 1 aromatic heterocycles. The number of tetrazole rings is 1. The lowest BCUT2D eigenvalue weighted by atomic mass is 10.1. The highest BCUT2D eigenvalue weighted by atomic mass is 16.5. The minimum atomic E-state index is -0.0961. The van der Waals surface area contributed by atoms with Gasteiger partial charge in [-0.25, -0.2) is 4.68 Å². The van der Waals surface area contributed by atoms with E-state index >= 15 is 0 Å². The van der Waals surface area contributed by atoms with E-state index in [1.807, 2.05) is 19.1 Å². The van der Waals surface area contributed by atoms with Crippen LogP contribution < -0.4 is 5.32 Å². The van der Waals surface area contributed by atoms with Crippen molar-refractivity contribution in [1.29, 1.82) is 0 Å². The number of amides is 1. The van der Waals surface area contributed by atoms with E-state index in [0.29, 0.717) is 5.56 Å². The zero-order chi connectivity index (χ0) is 14.7. The Morgan fingerprint density at radius 1 is 1.43 bits per heavy atom. The summed E-state index contributed by atoms with van der Waals surface area (Å²) in [5.74, 6) is -0.0961. The summed E-state index contributed by atoms with van der Waals surface area (Å²) in [5.41, 5.74) is 1.42. The fourth-order valence-corrected chi connectivity index (χ4v) is 2.43. The van der Waals surface area contributed by atoms with Crippen LogP contribution in [-0.2, 0) is 4.74 Å². The van der Waals surface area contributed by atoms with Gasteiger partial charge in [-0.1, -0.05) is 0 Å². The van der Waals surface area contributed by atoms with Crippen molar-refractivity contribution in [3.63, 3.8) is 0 Å². The second kappa shape index (κ2) is 6.01. The summed E-state index contributed by atoms with van der Waals surface area (Å²) in [6, 6.07) is 7.15. The van der Waals surface area contributed by atoms with Gasteiger partial charge < -0.3 is 10.1 Å². The molecule has 1 aliphatic heterocycles. The Kier molecular flexibility index (Phi) is 3.92. The first-order valence-electron chi connectivity index (χ1n) is 7.00. The maximum Gasteiger partial charge on any atom is 0.251 e. The minimum Gasteiger partial charge on any atom is -0.376 e. The van der Waals surface area contributed by atoms with Crippen LogP contribution in [0.5, 0.6) is 0 Å². The number of nitrogens with one attached hydrogen (secondary N) is 1. The van der Waals surface area contributed by atoms with Crippen LogP contribution in [0, 0.1) is 0 Å². The molecule has 2 heterocycles. The molecule has 0 bridgehead atoms. The molecule has 0 unspecified atom stereocenters. The van der Waals surface area contributed by atoms with E-state index in [4.69, 9.17) is 4.74 Å². The summed E-state index contributed by atoms with van der Waals surface area (Å²) in [7, 11) is 0. The predicted octanol–water partition coefficient (Wildman–Crippen LogP) is 0.960. The quantitative estimate of drug-likeness (QED) is 0.905. The van der Waals surface area contributed by atoms with Gasteiger partial charge in [0.05, 0.1) is 17.8 Å². The van der Waals surface area contributed by atoms with Crippen molar-refractivity contribution in [1.82, 2.24) is 25.5 Å². The Bertz CT molecular complexity index is 590. The first-order valence-corrected chi connectivity index (χ1v) is 7.00. The fourth-order valence-electron chi connectivity index (χ4n) is 2.43. The minimum absolute atomic E-state index is 0.0131. The summed E-state index contributed by atoms with van der Waals surface area (Å²) in [6.45, 7) is 2.76. The summed E-state index contributed by atoms with van der Waals surface area (Å²) in [5, 5.41) is 13.9. The number of hydrogen-bond acceptors (Lipinski definition) is 5. The van der Waals surface area contributed by atoms with Crippen LogP contribution in [0.4, 0.5) is 0 Å². The zero-order valence-corrected chi connectivity index (χ0v) is 11.8. The summed E-state index contributed by atoms with van der Waals surface area (Å²) < 4.78 is 7.12. The zero-order valence-electron chi connectivity index (χ0n) is 11.8. The van der Waals surface area contributed by atoms with E-state index in [0.717, 1.165) is 25.1 Å². The van der Waals surface area contributed by atoms with Gasteiger partial charge >= 0.3 is 0 Å². The average molecular weight is 287 g/mol. The third-order valence-corrected chi connectivity index (χ3v) is 3.62. The SMILES string of the molecule is C[C@@H](NC(=O)c1ccc(-n2cnnn2)cc1)[C@H]1CCCO1. The molecule has 1 saturated heterocycles. The van der Waals surface area contributed by atoms with E-state index in [1.165, 1.54) is 11.0 Å². The van der Waals surface area contributed by atoms with E-state index in [-0.39, 0.29) is 18.1 Å². The molecule has 2 atom stereocenters. The van der Waals surface area contributed by atoms with Crippen LogP contribution in [0.3, 0.4) is 0 Å². The third kappa shape index (κ3) is 3.08. The van der Waals surface area contributed by atoms with Gasteiger partial charge in [0.25, 0.3) is 5.91 Å². The molecule has 0 aliphatic carbocycles. The Morgan fingerprint density at radius 3 is 2.86 bits per heavy atom. The van der Waals surface area contributed by atoms with Gasteiger partial charge in [-0.3, -0.25) is 4.79 Å². The number of rotatable bonds is 4. The lowest BCUT2D eigenvalue weighted by Gasteiger charge is -2.20. The molecule has 0 saturated carbocycles. The van der Waals surface area contributed by atoms with E-state index < -0.39 is 0 Å². The molecule has 1 aromatic carbocycles. The van der Waals surface area contributed by atoms with Crippen molar-refractivity contribution in [2.24, 2.45) is 0 Å². The van der Waals surface area contributed by atoms with Gasteiger partial charge in [0.1, 0.15) is 6.33 Å². The number of benzene rings is 1. The van der Waals surface area contributed by atoms with E-state index in [2.05, 4.69) is 20.8 Å². The highest BCUT2D eigenvalue weighted by Gasteiger charge is 2.23. The molecule has 3 rings (SSSR count). The van der Waals surface area contributed by atoms with Crippen LogP contribution in [0.2, 0.25) is 0 Å². The molecule has 110 valence electrons. The average Bonchev–Trinajstić information content (AvgIpc) is 3.20. The van der Waals surface area contributed by atoms with E-state index in [1.54, 1.807) is 12.1 Å². The van der Waals surface area contributed by atoms with Gasteiger partial charge in [-0.15, -0.1) is 5.10 Å². The van der Waals surface area contributed by atoms with Gasteiger partial charge in [-0.05, 0) is 54.5 Å². The van der Waals surface area contributed by atoms with Gasteiger partial charge in [0, 0.05) is 12.2 Å². The fraction of sp³-hybridized carbons (Fsp3) is 0.429. The Morgan fingerprint density at radius 2 is 2.24 bits per heavy atom. The summed E-state index contributed by atoms with van der Waals surface area (Å²) in [4.78, 5) is 12.2. The molecule has 21 heavy (non-hydrogen) atoms. The van der Waals surface area contributed by atoms with Crippen molar-refractivity contribution < 1.29 is 9.53 Å². The molecular formula is C14H17N5O2. The first kappa shape index (κ1) is 13.7. The first-order chi connectivity index (χ1) is 10.2. The molecule has 1 aliphatic rings. The number of nitrogens with zero attached hydrogens (tertiary/aromatic N) is 4. The lowest BCUT2D eigenvalue weighted by Crippen LogP contribution is -2.40. The highest BCUT2D eigenvalue weighted by Crippen LogP contribution is 2.16. The molecule has 1 N–H and O–H groups in total. The largest absolute Gasteiger partial charge is 0.376 e. The van der Waals surface area contributed by atoms with Gasteiger partial charge in [-0.2, -0.15) is 0 Å². The van der Waals surface area contributed by atoms with Crippen LogP contribution in [-0.4, -0.2) is 44.9 Å². The van der Waals surface area contributed by atoms with Crippen molar-refractivity contribution in [3.05, 3.63) is 36.2 Å². The molecule has 7 heteroatoms. The normalized spacial score (nSPS) is 19.4. The molecule has 1 fully saturated rings. The summed E-state index contributed by atoms with van der Waals surface area (Å²) in [6.07, 6.45) is 3.69. The summed E-state index contributed by atoms with van der Waals surface area (Å²) >= 11 is 0. The molecular weight excluding hydrogens is 270 g/mol. The Labute approximate surface area is 122 Å². The number of carbonyl (C=O) groups excluding carboxylic acids is 1. The maximum atomic E-state index is 12.2. The highest BCUT2D eigenvalue weighted by molar-refractivity contribution is 5.94. The van der Waals surface area contributed by atoms with Gasteiger partial charge in [0.15, 0.2) is 0 Å². The van der Waals surface area contributed by atoms with Crippen LogP contribution in [0.25, 0.3) is 5.69 Å². The maximum absolute atomic E-state index is 12.2. The number of hydrogen-bond donors (Lipinski definition) is 1. The second-order valence-corrected chi connectivity index (χ2v) is 5.11. The predicted molar refractivity (Wildman–Crippen MR) is 75.1 cm³/mol. The van der Waals surface area contributed by atoms with Crippen LogP contribution in [0.1, 0.15) is 30.1 Å². The molecule has 0 radical (unpaired) electrons. The Balaban J connectivity index is 1.64. The number of carbonyl (C=O) groups is 1. The van der Waals surface area contributed by atoms with E-state index in [9.17, 15) is 4.79 Å².